The lowest BCUT2D eigenvalue weighted by Crippen LogP contribution is -2.14. The summed E-state index contributed by atoms with van der Waals surface area (Å²) in [5.41, 5.74) is 2.65. The molecule has 6 heteroatoms. The van der Waals surface area contributed by atoms with Crippen LogP contribution in [0.2, 0.25) is 0 Å². The molecule has 2 amide bonds. The summed E-state index contributed by atoms with van der Waals surface area (Å²) in [5.74, 6) is 0.911. The predicted molar refractivity (Wildman–Crippen MR) is 100 cm³/mol. The van der Waals surface area contributed by atoms with Gasteiger partial charge in [-0.25, -0.2) is 0 Å². The van der Waals surface area contributed by atoms with Gasteiger partial charge in [-0.1, -0.05) is 6.07 Å². The van der Waals surface area contributed by atoms with Gasteiger partial charge in [0.15, 0.2) is 0 Å². The summed E-state index contributed by atoms with van der Waals surface area (Å²) >= 11 is 0. The molecule has 2 aromatic carbocycles. The van der Waals surface area contributed by atoms with Crippen molar-refractivity contribution >= 4 is 23.2 Å². The minimum atomic E-state index is -0.288. The van der Waals surface area contributed by atoms with E-state index in [9.17, 15) is 9.59 Å². The van der Waals surface area contributed by atoms with Crippen LogP contribution in [0.1, 0.15) is 36.7 Å². The van der Waals surface area contributed by atoms with Crippen LogP contribution in [0.5, 0.6) is 11.5 Å². The Hall–Kier alpha value is -3.02. The molecule has 0 aliphatic carbocycles. The van der Waals surface area contributed by atoms with Gasteiger partial charge in [0.1, 0.15) is 17.6 Å². The molecule has 2 N–H and O–H groups in total. The predicted octanol–water partition coefficient (Wildman–Crippen LogP) is 3.62. The molecule has 0 fully saturated rings. The van der Waals surface area contributed by atoms with Crippen LogP contribution in [0.15, 0.2) is 36.4 Å². The second kappa shape index (κ2) is 7.47. The summed E-state index contributed by atoms with van der Waals surface area (Å²) in [7, 11) is 0. The Labute approximate surface area is 152 Å². The van der Waals surface area contributed by atoms with Gasteiger partial charge in [0.2, 0.25) is 5.91 Å². The number of anilines is 2. The smallest absolute Gasteiger partial charge is 0.255 e. The van der Waals surface area contributed by atoms with Crippen molar-refractivity contribution in [3.8, 4) is 11.5 Å². The first kappa shape index (κ1) is 17.8. The minimum Gasteiger partial charge on any atom is -0.492 e. The fourth-order valence-corrected chi connectivity index (χ4v) is 2.95. The first-order valence-corrected chi connectivity index (χ1v) is 8.61. The number of fused-ring (bicyclic) bond motifs is 1. The number of carbonyl (C=O) groups excluding carboxylic acids is 2. The van der Waals surface area contributed by atoms with Gasteiger partial charge in [-0.05, 0) is 38.1 Å². The lowest BCUT2D eigenvalue weighted by Gasteiger charge is -2.14. The van der Waals surface area contributed by atoms with Gasteiger partial charge < -0.3 is 20.1 Å². The number of ether oxygens (including phenoxy) is 2. The largest absolute Gasteiger partial charge is 0.492 e. The molecular formula is C20H22N2O4. The molecule has 1 aliphatic rings. The Balaban J connectivity index is 1.85. The van der Waals surface area contributed by atoms with Crippen molar-refractivity contribution in [3.63, 3.8) is 0 Å². The molecule has 0 radical (unpaired) electrons. The van der Waals surface area contributed by atoms with E-state index in [4.69, 9.17) is 9.47 Å². The summed E-state index contributed by atoms with van der Waals surface area (Å²) < 4.78 is 11.5. The molecule has 1 heterocycles. The number of nitrogens with one attached hydrogen (secondary N) is 2. The van der Waals surface area contributed by atoms with Gasteiger partial charge in [-0.15, -0.1) is 0 Å². The van der Waals surface area contributed by atoms with Crippen molar-refractivity contribution < 1.29 is 19.1 Å². The molecule has 26 heavy (non-hydrogen) atoms. The van der Waals surface area contributed by atoms with E-state index in [1.54, 1.807) is 30.3 Å². The van der Waals surface area contributed by atoms with Crippen LogP contribution >= 0.6 is 0 Å². The molecule has 6 nitrogen and oxygen atoms in total. The number of amides is 2. The Bertz CT molecular complexity index is 848. The second-order valence-electron chi connectivity index (χ2n) is 6.24. The number of hydrogen-bond donors (Lipinski definition) is 2. The lowest BCUT2D eigenvalue weighted by atomic mass is 10.1. The lowest BCUT2D eigenvalue weighted by molar-refractivity contribution is -0.114. The van der Waals surface area contributed by atoms with Crippen LogP contribution in [0.3, 0.4) is 0 Å². The van der Waals surface area contributed by atoms with Crippen molar-refractivity contribution in [2.75, 3.05) is 17.2 Å². The highest BCUT2D eigenvalue weighted by molar-refractivity contribution is 6.06. The Kier molecular flexibility index (Phi) is 5.11. The third-order valence-electron chi connectivity index (χ3n) is 3.99. The van der Waals surface area contributed by atoms with Gasteiger partial charge in [0.25, 0.3) is 5.91 Å². The maximum Gasteiger partial charge on any atom is 0.255 e. The molecule has 3 rings (SSSR count). The van der Waals surface area contributed by atoms with E-state index in [0.29, 0.717) is 29.3 Å². The van der Waals surface area contributed by atoms with Gasteiger partial charge in [0, 0.05) is 36.2 Å². The Morgan fingerprint density at radius 1 is 1.23 bits per heavy atom. The molecule has 0 spiro atoms. The Morgan fingerprint density at radius 2 is 2.04 bits per heavy atom. The standard InChI is InChI=1S/C20H22N2O4/c1-4-25-19-10-15-8-12(2)26-18(15)11-17(19)22-20(24)14-6-5-7-16(9-14)21-13(3)23/h5-7,9-12H,4,8H2,1-3H3,(H,21,23)(H,22,24)/t12-/m0/s1. The average Bonchev–Trinajstić information content (AvgIpc) is 2.94. The van der Waals surface area contributed by atoms with Crippen molar-refractivity contribution in [1.82, 2.24) is 0 Å². The van der Waals surface area contributed by atoms with Crippen LogP contribution in [0.25, 0.3) is 0 Å². The summed E-state index contributed by atoms with van der Waals surface area (Å²) in [5, 5.41) is 5.55. The van der Waals surface area contributed by atoms with E-state index in [1.165, 1.54) is 6.92 Å². The second-order valence-corrected chi connectivity index (χ2v) is 6.24. The van der Waals surface area contributed by atoms with E-state index in [-0.39, 0.29) is 17.9 Å². The number of benzene rings is 2. The van der Waals surface area contributed by atoms with Gasteiger partial charge in [-0.2, -0.15) is 0 Å². The van der Waals surface area contributed by atoms with E-state index >= 15 is 0 Å². The highest BCUT2D eigenvalue weighted by Gasteiger charge is 2.22. The topological polar surface area (TPSA) is 76.7 Å². The van der Waals surface area contributed by atoms with Crippen LogP contribution in [-0.4, -0.2) is 24.5 Å². The Morgan fingerprint density at radius 3 is 2.77 bits per heavy atom. The molecule has 1 aliphatic heterocycles. The summed E-state index contributed by atoms with van der Waals surface area (Å²) in [4.78, 5) is 23.8. The monoisotopic (exact) mass is 354 g/mol. The SMILES string of the molecule is CCOc1cc2c(cc1NC(=O)c1cccc(NC(C)=O)c1)O[C@@H](C)C2. The first-order valence-electron chi connectivity index (χ1n) is 8.61. The third kappa shape index (κ3) is 3.96. The van der Waals surface area contributed by atoms with Gasteiger partial charge >= 0.3 is 0 Å². The van der Waals surface area contributed by atoms with Crippen molar-refractivity contribution in [1.29, 1.82) is 0 Å². The van der Waals surface area contributed by atoms with Gasteiger partial charge in [0.05, 0.1) is 12.3 Å². The van der Waals surface area contributed by atoms with Crippen LogP contribution in [-0.2, 0) is 11.2 Å². The third-order valence-corrected chi connectivity index (χ3v) is 3.99. The van der Waals surface area contributed by atoms with Crippen molar-refractivity contribution in [2.24, 2.45) is 0 Å². The zero-order chi connectivity index (χ0) is 18.7. The highest BCUT2D eigenvalue weighted by atomic mass is 16.5. The maximum absolute atomic E-state index is 12.7. The summed E-state index contributed by atoms with van der Waals surface area (Å²) in [6, 6.07) is 10.5. The molecule has 0 saturated heterocycles. The summed E-state index contributed by atoms with van der Waals surface area (Å²) in [6.07, 6.45) is 0.933. The molecule has 0 saturated carbocycles. The van der Waals surface area contributed by atoms with Crippen LogP contribution in [0.4, 0.5) is 11.4 Å². The molecule has 136 valence electrons. The molecule has 2 aromatic rings. The zero-order valence-corrected chi connectivity index (χ0v) is 15.1. The van der Waals surface area contributed by atoms with E-state index in [1.807, 2.05) is 19.9 Å². The van der Waals surface area contributed by atoms with E-state index in [0.717, 1.165) is 17.7 Å². The fourth-order valence-electron chi connectivity index (χ4n) is 2.95. The van der Waals surface area contributed by atoms with E-state index in [2.05, 4.69) is 10.6 Å². The van der Waals surface area contributed by atoms with Crippen molar-refractivity contribution in [3.05, 3.63) is 47.5 Å². The zero-order valence-electron chi connectivity index (χ0n) is 15.1. The normalized spacial score (nSPS) is 15.0. The number of hydrogen-bond acceptors (Lipinski definition) is 4. The molecular weight excluding hydrogens is 332 g/mol. The van der Waals surface area contributed by atoms with Crippen LogP contribution < -0.4 is 20.1 Å². The first-order chi connectivity index (χ1) is 12.5. The van der Waals surface area contributed by atoms with Crippen LogP contribution in [0, 0.1) is 0 Å². The highest BCUT2D eigenvalue weighted by Crippen LogP contribution is 2.38. The molecule has 1 atom stereocenters. The number of rotatable bonds is 5. The fraction of sp³-hybridized carbons (Fsp3) is 0.300. The molecule has 0 aromatic heterocycles. The average molecular weight is 354 g/mol. The minimum absolute atomic E-state index is 0.111. The molecule has 0 bridgehead atoms. The summed E-state index contributed by atoms with van der Waals surface area (Å²) in [6.45, 7) is 5.82. The van der Waals surface area contributed by atoms with E-state index < -0.39 is 0 Å². The number of carbonyl (C=O) groups is 2. The maximum atomic E-state index is 12.7. The van der Waals surface area contributed by atoms with Gasteiger partial charge in [-0.3, -0.25) is 9.59 Å². The molecule has 0 unspecified atom stereocenters. The quantitative estimate of drug-likeness (QED) is 0.860. The van der Waals surface area contributed by atoms with Crippen molar-refractivity contribution in [2.45, 2.75) is 33.3 Å².